The summed E-state index contributed by atoms with van der Waals surface area (Å²) in [6.45, 7) is 2.68. The molecule has 1 N–H and O–H groups in total. The van der Waals surface area contributed by atoms with E-state index in [9.17, 15) is 5.11 Å². The van der Waals surface area contributed by atoms with E-state index in [0.717, 1.165) is 17.8 Å². The molecule has 1 aromatic carbocycles. The van der Waals surface area contributed by atoms with Crippen molar-refractivity contribution in [1.29, 1.82) is 0 Å². The Labute approximate surface area is 106 Å². The van der Waals surface area contributed by atoms with E-state index in [4.69, 9.17) is 0 Å². The normalized spacial score (nSPS) is 12.4. The van der Waals surface area contributed by atoms with Crippen LogP contribution in [0.5, 0.6) is 0 Å². The molecular weight excluding hydrogens is 230 g/mol. The van der Waals surface area contributed by atoms with Crippen molar-refractivity contribution in [2.75, 3.05) is 11.9 Å². The zero-order chi connectivity index (χ0) is 12.3. The van der Waals surface area contributed by atoms with Crippen LogP contribution in [0.25, 0.3) is 0 Å². The summed E-state index contributed by atoms with van der Waals surface area (Å²) in [6, 6.07) is 12.2. The van der Waals surface area contributed by atoms with Gasteiger partial charge in [-0.1, -0.05) is 24.3 Å². The lowest BCUT2D eigenvalue weighted by atomic mass is 10.1. The molecule has 0 saturated carbocycles. The number of thiophene rings is 1. The van der Waals surface area contributed by atoms with Gasteiger partial charge in [-0.25, -0.2) is 0 Å². The number of aliphatic hydroxyl groups excluding tert-OH is 1. The zero-order valence-electron chi connectivity index (χ0n) is 10.1. The van der Waals surface area contributed by atoms with Gasteiger partial charge in [0.1, 0.15) is 0 Å². The van der Waals surface area contributed by atoms with Crippen LogP contribution in [0.1, 0.15) is 23.5 Å². The highest BCUT2D eigenvalue weighted by molar-refractivity contribution is 7.09. The molecule has 2 rings (SSSR count). The molecule has 0 radical (unpaired) electrons. The minimum Gasteiger partial charge on any atom is -0.389 e. The van der Waals surface area contributed by atoms with Crippen LogP contribution >= 0.6 is 11.3 Å². The van der Waals surface area contributed by atoms with Crippen molar-refractivity contribution in [2.24, 2.45) is 0 Å². The van der Waals surface area contributed by atoms with Crippen LogP contribution in [-0.4, -0.2) is 12.2 Å². The van der Waals surface area contributed by atoms with Crippen molar-refractivity contribution < 1.29 is 5.11 Å². The van der Waals surface area contributed by atoms with E-state index in [0.29, 0.717) is 0 Å². The highest BCUT2D eigenvalue weighted by Gasteiger charge is 2.11. The average Bonchev–Trinajstić information content (AvgIpc) is 2.81. The Kier molecular flexibility index (Phi) is 3.82. The van der Waals surface area contributed by atoms with Crippen LogP contribution in [0.15, 0.2) is 41.8 Å². The molecule has 0 spiro atoms. The summed E-state index contributed by atoms with van der Waals surface area (Å²) in [5, 5.41) is 11.8. The fourth-order valence-electron chi connectivity index (χ4n) is 1.91. The summed E-state index contributed by atoms with van der Waals surface area (Å²) in [5.41, 5.74) is 2.07. The van der Waals surface area contributed by atoms with Gasteiger partial charge in [-0.2, -0.15) is 0 Å². The van der Waals surface area contributed by atoms with E-state index >= 15 is 0 Å². The highest BCUT2D eigenvalue weighted by Crippen LogP contribution is 2.26. The first-order valence-corrected chi connectivity index (χ1v) is 6.57. The maximum absolute atomic E-state index is 9.76. The van der Waals surface area contributed by atoms with Gasteiger partial charge in [-0.3, -0.25) is 0 Å². The van der Waals surface area contributed by atoms with Gasteiger partial charge in [0.2, 0.25) is 0 Å². The van der Waals surface area contributed by atoms with Gasteiger partial charge in [-0.05, 0) is 24.4 Å². The fraction of sp³-hybridized carbons (Fsp3) is 0.286. The third-order valence-corrected chi connectivity index (χ3v) is 3.63. The molecule has 0 aliphatic carbocycles. The van der Waals surface area contributed by atoms with Gasteiger partial charge in [0.05, 0.1) is 12.6 Å². The molecule has 2 nitrogen and oxygen atoms in total. The number of hydrogen-bond acceptors (Lipinski definition) is 3. The van der Waals surface area contributed by atoms with Crippen LogP contribution in [0.4, 0.5) is 5.69 Å². The Bertz CT molecular complexity index is 465. The molecule has 1 aromatic heterocycles. The second-order valence-corrected chi connectivity index (χ2v) is 5.20. The van der Waals surface area contributed by atoms with Crippen molar-refractivity contribution in [3.63, 3.8) is 0 Å². The van der Waals surface area contributed by atoms with E-state index < -0.39 is 6.10 Å². The van der Waals surface area contributed by atoms with Crippen molar-refractivity contribution in [1.82, 2.24) is 0 Å². The first-order chi connectivity index (χ1) is 8.18. The Balaban J connectivity index is 2.21. The van der Waals surface area contributed by atoms with E-state index in [-0.39, 0.29) is 0 Å². The summed E-state index contributed by atoms with van der Waals surface area (Å²) in [7, 11) is 2.06. The number of aliphatic hydroxyl groups is 1. The molecule has 1 unspecified atom stereocenters. The van der Waals surface area contributed by atoms with Crippen LogP contribution in [0.2, 0.25) is 0 Å². The van der Waals surface area contributed by atoms with E-state index in [2.05, 4.69) is 35.5 Å². The average molecular weight is 247 g/mol. The lowest BCUT2D eigenvalue weighted by Gasteiger charge is -2.23. The molecule has 0 aliphatic rings. The largest absolute Gasteiger partial charge is 0.389 e. The highest BCUT2D eigenvalue weighted by atomic mass is 32.1. The first-order valence-electron chi connectivity index (χ1n) is 5.69. The van der Waals surface area contributed by atoms with Crippen LogP contribution in [-0.2, 0) is 6.54 Å². The van der Waals surface area contributed by atoms with Crippen molar-refractivity contribution in [3.05, 3.63) is 52.2 Å². The molecule has 0 saturated heterocycles. The fourth-order valence-corrected chi connectivity index (χ4v) is 2.67. The third kappa shape index (κ3) is 2.87. The third-order valence-electron chi connectivity index (χ3n) is 2.77. The van der Waals surface area contributed by atoms with Crippen LogP contribution in [0, 0.1) is 0 Å². The topological polar surface area (TPSA) is 23.5 Å². The van der Waals surface area contributed by atoms with Gasteiger partial charge in [0, 0.05) is 23.2 Å². The lowest BCUT2D eigenvalue weighted by molar-refractivity contribution is 0.199. The maximum atomic E-state index is 9.76. The maximum Gasteiger partial charge on any atom is 0.0781 e. The molecule has 0 aliphatic heterocycles. The predicted octanol–water partition coefficient (Wildman–Crippen LogP) is 3.44. The summed E-state index contributed by atoms with van der Waals surface area (Å²) in [6.07, 6.45) is -0.433. The number of rotatable bonds is 4. The Hall–Kier alpha value is -1.32. The quantitative estimate of drug-likeness (QED) is 0.894. The molecule has 90 valence electrons. The standard InChI is InChI=1S/C14H17NOS/c1-11(16)13-7-3-4-8-14(13)15(2)10-12-6-5-9-17-12/h3-9,11,16H,10H2,1-2H3. The lowest BCUT2D eigenvalue weighted by Crippen LogP contribution is -2.17. The second-order valence-electron chi connectivity index (χ2n) is 4.17. The Morgan fingerprint density at radius 1 is 1.24 bits per heavy atom. The van der Waals surface area contributed by atoms with E-state index in [1.165, 1.54) is 4.88 Å². The molecule has 0 fully saturated rings. The Morgan fingerprint density at radius 2 is 2.00 bits per heavy atom. The molecule has 1 atom stereocenters. The molecule has 3 heteroatoms. The number of nitrogens with zero attached hydrogens (tertiary/aromatic N) is 1. The van der Waals surface area contributed by atoms with Crippen molar-refractivity contribution in [2.45, 2.75) is 19.6 Å². The van der Waals surface area contributed by atoms with Crippen LogP contribution in [0.3, 0.4) is 0 Å². The zero-order valence-corrected chi connectivity index (χ0v) is 10.9. The molecule has 1 heterocycles. The van der Waals surface area contributed by atoms with Gasteiger partial charge in [0.15, 0.2) is 0 Å². The van der Waals surface area contributed by atoms with Gasteiger partial charge in [0.25, 0.3) is 0 Å². The van der Waals surface area contributed by atoms with Crippen molar-refractivity contribution in [3.8, 4) is 0 Å². The minimum absolute atomic E-state index is 0.433. The smallest absolute Gasteiger partial charge is 0.0781 e. The van der Waals surface area contributed by atoms with Crippen LogP contribution < -0.4 is 4.90 Å². The van der Waals surface area contributed by atoms with Gasteiger partial charge < -0.3 is 10.0 Å². The summed E-state index contributed by atoms with van der Waals surface area (Å²) in [4.78, 5) is 3.50. The number of benzene rings is 1. The van der Waals surface area contributed by atoms with Gasteiger partial charge in [-0.15, -0.1) is 11.3 Å². The summed E-state index contributed by atoms with van der Waals surface area (Å²) in [5.74, 6) is 0. The number of anilines is 1. The van der Waals surface area contributed by atoms with E-state index in [1.807, 2.05) is 18.2 Å². The van der Waals surface area contributed by atoms with Gasteiger partial charge >= 0.3 is 0 Å². The predicted molar refractivity (Wildman–Crippen MR) is 73.5 cm³/mol. The SMILES string of the molecule is CC(O)c1ccccc1N(C)Cc1cccs1. The number of para-hydroxylation sites is 1. The monoisotopic (exact) mass is 247 g/mol. The summed E-state index contributed by atoms with van der Waals surface area (Å²) < 4.78 is 0. The van der Waals surface area contributed by atoms with E-state index in [1.54, 1.807) is 18.3 Å². The minimum atomic E-state index is -0.433. The van der Waals surface area contributed by atoms with Crippen molar-refractivity contribution >= 4 is 17.0 Å². The second kappa shape index (κ2) is 5.34. The first kappa shape index (κ1) is 12.1. The molecule has 17 heavy (non-hydrogen) atoms. The molecular formula is C14H17NOS. The molecule has 0 bridgehead atoms. The molecule has 2 aromatic rings. The molecule has 0 amide bonds. The number of hydrogen-bond donors (Lipinski definition) is 1. The summed E-state index contributed by atoms with van der Waals surface area (Å²) >= 11 is 1.76. The Morgan fingerprint density at radius 3 is 2.65 bits per heavy atom.